The lowest BCUT2D eigenvalue weighted by Gasteiger charge is -2.34. The molecule has 0 bridgehead atoms. The average Bonchev–Trinajstić information content (AvgIpc) is 2.86. The number of aryl methyl sites for hydroxylation is 2. The van der Waals surface area contributed by atoms with Crippen LogP contribution >= 0.6 is 0 Å². The summed E-state index contributed by atoms with van der Waals surface area (Å²) in [6.45, 7) is 11.6. The Labute approximate surface area is 141 Å². The fourth-order valence-electron chi connectivity index (χ4n) is 4.20. The standard InChI is InChI=1S/C22H26Si/c1-16-13-17(2)15-21(14-16)23(5,20-9-7-6-8-10-20)22-18(3)11-12-19(22)4/h6-15,18H,1-5H3. The smallest absolute Gasteiger partial charge is 0.0777 e. The number of hydrogen-bond acceptors (Lipinski definition) is 0. The highest BCUT2D eigenvalue weighted by molar-refractivity contribution is 7.06. The molecule has 0 aromatic heterocycles. The van der Waals surface area contributed by atoms with Crippen molar-refractivity contribution in [3.63, 3.8) is 0 Å². The van der Waals surface area contributed by atoms with Crippen molar-refractivity contribution in [1.82, 2.24) is 0 Å². The van der Waals surface area contributed by atoms with E-state index in [4.69, 9.17) is 0 Å². The van der Waals surface area contributed by atoms with Gasteiger partial charge in [0.15, 0.2) is 0 Å². The van der Waals surface area contributed by atoms with Gasteiger partial charge in [0.1, 0.15) is 8.07 Å². The zero-order valence-electron chi connectivity index (χ0n) is 14.9. The first-order valence-corrected chi connectivity index (χ1v) is 11.0. The first-order valence-electron chi connectivity index (χ1n) is 8.46. The van der Waals surface area contributed by atoms with Gasteiger partial charge in [0, 0.05) is 0 Å². The molecule has 23 heavy (non-hydrogen) atoms. The van der Waals surface area contributed by atoms with E-state index in [0.29, 0.717) is 5.92 Å². The third kappa shape index (κ3) is 2.74. The van der Waals surface area contributed by atoms with E-state index in [9.17, 15) is 0 Å². The SMILES string of the molecule is CC1=C([Si](C)(c2ccccc2)c2cc(C)cc(C)c2)C(C)C=C1. The second-order valence-corrected chi connectivity index (χ2v) is 11.1. The summed E-state index contributed by atoms with van der Waals surface area (Å²) in [4.78, 5) is 0. The maximum Gasteiger partial charge on any atom is 0.142 e. The van der Waals surface area contributed by atoms with E-state index < -0.39 is 8.07 Å². The first kappa shape index (κ1) is 16.0. The Morgan fingerprint density at radius 1 is 0.826 bits per heavy atom. The molecule has 1 aliphatic carbocycles. The van der Waals surface area contributed by atoms with Crippen LogP contribution in [0, 0.1) is 19.8 Å². The average molecular weight is 319 g/mol. The molecule has 2 unspecified atom stereocenters. The monoisotopic (exact) mass is 318 g/mol. The van der Waals surface area contributed by atoms with Gasteiger partial charge in [0.2, 0.25) is 0 Å². The molecule has 2 atom stereocenters. The molecule has 1 heteroatoms. The van der Waals surface area contributed by atoms with Gasteiger partial charge in [-0.15, -0.1) is 0 Å². The van der Waals surface area contributed by atoms with Crippen LogP contribution in [0.1, 0.15) is 25.0 Å². The van der Waals surface area contributed by atoms with Crippen LogP contribution in [-0.4, -0.2) is 8.07 Å². The van der Waals surface area contributed by atoms with Gasteiger partial charge in [0.05, 0.1) is 0 Å². The molecule has 2 aromatic carbocycles. The van der Waals surface area contributed by atoms with Crippen molar-refractivity contribution in [2.45, 2.75) is 34.2 Å². The minimum absolute atomic E-state index is 0.535. The van der Waals surface area contributed by atoms with E-state index in [1.165, 1.54) is 27.1 Å². The van der Waals surface area contributed by atoms with Gasteiger partial charge in [-0.2, -0.15) is 0 Å². The molecule has 0 spiro atoms. The summed E-state index contributed by atoms with van der Waals surface area (Å²) < 4.78 is 0. The molecule has 0 aliphatic heterocycles. The van der Waals surface area contributed by atoms with Crippen LogP contribution in [0.15, 0.2) is 71.5 Å². The van der Waals surface area contributed by atoms with Gasteiger partial charge in [-0.1, -0.05) is 96.1 Å². The number of hydrogen-bond donors (Lipinski definition) is 0. The maximum absolute atomic E-state index is 2.53. The van der Waals surface area contributed by atoms with E-state index in [2.05, 4.69) is 94.9 Å². The quantitative estimate of drug-likeness (QED) is 0.728. The minimum atomic E-state index is -1.94. The lowest BCUT2D eigenvalue weighted by molar-refractivity contribution is 0.922. The molecular formula is C22H26Si. The fourth-order valence-corrected chi connectivity index (χ4v) is 8.92. The molecule has 3 rings (SSSR count). The van der Waals surface area contributed by atoms with Gasteiger partial charge < -0.3 is 0 Å². The number of allylic oxidation sites excluding steroid dienone is 4. The Morgan fingerprint density at radius 3 is 1.96 bits per heavy atom. The fraction of sp³-hybridized carbons (Fsp3) is 0.273. The van der Waals surface area contributed by atoms with Crippen LogP contribution < -0.4 is 10.4 Å². The molecule has 0 saturated heterocycles. The third-order valence-corrected chi connectivity index (χ3v) is 10.1. The highest BCUT2D eigenvalue weighted by Crippen LogP contribution is 2.32. The zero-order chi connectivity index (χ0) is 16.6. The van der Waals surface area contributed by atoms with E-state index in [1.807, 2.05) is 0 Å². The molecule has 1 aliphatic rings. The highest BCUT2D eigenvalue weighted by Gasteiger charge is 2.40. The van der Waals surface area contributed by atoms with Gasteiger partial charge in [0.25, 0.3) is 0 Å². The van der Waals surface area contributed by atoms with Gasteiger partial charge >= 0.3 is 0 Å². The van der Waals surface area contributed by atoms with Crippen LogP contribution in [0.3, 0.4) is 0 Å². The van der Waals surface area contributed by atoms with Crippen molar-refractivity contribution in [3.8, 4) is 0 Å². The normalized spacial score (nSPS) is 20.0. The minimum Gasteiger partial charge on any atom is -0.0777 e. The molecule has 0 heterocycles. The largest absolute Gasteiger partial charge is 0.142 e. The highest BCUT2D eigenvalue weighted by atomic mass is 28.3. The van der Waals surface area contributed by atoms with E-state index in [1.54, 1.807) is 5.20 Å². The topological polar surface area (TPSA) is 0 Å². The molecular weight excluding hydrogens is 292 g/mol. The maximum atomic E-state index is 2.53. The predicted octanol–water partition coefficient (Wildman–Crippen LogP) is 4.56. The number of benzene rings is 2. The zero-order valence-corrected chi connectivity index (χ0v) is 15.9. The summed E-state index contributed by atoms with van der Waals surface area (Å²) in [5.41, 5.74) is 4.20. The summed E-state index contributed by atoms with van der Waals surface area (Å²) in [5, 5.41) is 4.70. The van der Waals surface area contributed by atoms with E-state index in [0.717, 1.165) is 0 Å². The Hall–Kier alpha value is -1.86. The van der Waals surface area contributed by atoms with E-state index in [-0.39, 0.29) is 0 Å². The summed E-state index contributed by atoms with van der Waals surface area (Å²) in [6.07, 6.45) is 4.68. The summed E-state index contributed by atoms with van der Waals surface area (Å²) >= 11 is 0. The molecule has 0 N–H and O–H groups in total. The van der Waals surface area contributed by atoms with Gasteiger partial charge in [-0.05, 0) is 37.1 Å². The van der Waals surface area contributed by atoms with Crippen molar-refractivity contribution >= 4 is 18.4 Å². The lowest BCUT2D eigenvalue weighted by atomic mass is 10.2. The number of rotatable bonds is 3. The summed E-state index contributed by atoms with van der Waals surface area (Å²) in [7, 11) is -1.94. The second kappa shape index (κ2) is 5.97. The van der Waals surface area contributed by atoms with Gasteiger partial charge in [-0.25, -0.2) is 0 Å². The molecule has 0 fully saturated rings. The summed E-state index contributed by atoms with van der Waals surface area (Å²) in [5.74, 6) is 0.535. The Balaban J connectivity index is 2.29. The van der Waals surface area contributed by atoms with Crippen molar-refractivity contribution in [3.05, 3.63) is 82.6 Å². The van der Waals surface area contributed by atoms with Crippen LogP contribution in [-0.2, 0) is 0 Å². The van der Waals surface area contributed by atoms with Gasteiger partial charge in [-0.3, -0.25) is 0 Å². The summed E-state index contributed by atoms with van der Waals surface area (Å²) in [6, 6.07) is 18.3. The molecule has 0 radical (unpaired) electrons. The Bertz CT molecular complexity index is 763. The molecule has 0 saturated carbocycles. The molecule has 0 amide bonds. The van der Waals surface area contributed by atoms with Crippen molar-refractivity contribution in [1.29, 1.82) is 0 Å². The van der Waals surface area contributed by atoms with Crippen LogP contribution in [0.4, 0.5) is 0 Å². The molecule has 0 nitrogen and oxygen atoms in total. The van der Waals surface area contributed by atoms with E-state index >= 15 is 0 Å². The second-order valence-electron chi connectivity index (χ2n) is 7.11. The van der Waals surface area contributed by atoms with Crippen molar-refractivity contribution < 1.29 is 0 Å². The Morgan fingerprint density at radius 2 is 1.43 bits per heavy atom. The Kier molecular flexibility index (Phi) is 4.16. The van der Waals surface area contributed by atoms with Crippen LogP contribution in [0.5, 0.6) is 0 Å². The van der Waals surface area contributed by atoms with Crippen LogP contribution in [0.25, 0.3) is 0 Å². The predicted molar refractivity (Wildman–Crippen MR) is 104 cm³/mol. The van der Waals surface area contributed by atoms with Crippen LogP contribution in [0.2, 0.25) is 6.55 Å². The van der Waals surface area contributed by atoms with Crippen molar-refractivity contribution in [2.24, 2.45) is 5.92 Å². The molecule has 118 valence electrons. The lowest BCUT2D eigenvalue weighted by Crippen LogP contribution is -2.58. The van der Waals surface area contributed by atoms with Crippen molar-refractivity contribution in [2.75, 3.05) is 0 Å². The molecule has 2 aromatic rings. The first-order chi connectivity index (χ1) is 10.9. The third-order valence-electron chi connectivity index (χ3n) is 5.20.